The van der Waals surface area contributed by atoms with E-state index < -0.39 is 11.9 Å². The van der Waals surface area contributed by atoms with E-state index in [9.17, 15) is 14.4 Å². The molecule has 1 saturated heterocycles. The summed E-state index contributed by atoms with van der Waals surface area (Å²) in [4.78, 5) is 38.1. The first kappa shape index (κ1) is 17.8. The molecule has 0 bridgehead atoms. The molecule has 1 heterocycles. The van der Waals surface area contributed by atoms with Crippen LogP contribution in [0.4, 0.5) is 0 Å². The lowest BCUT2D eigenvalue weighted by molar-refractivity contribution is -0.139. The average Bonchev–Trinajstić information content (AvgIpc) is 2.93. The summed E-state index contributed by atoms with van der Waals surface area (Å²) in [7, 11) is 3.16. The summed E-state index contributed by atoms with van der Waals surface area (Å²) < 4.78 is 5.10. The van der Waals surface area contributed by atoms with Crippen molar-refractivity contribution < 1.29 is 24.2 Å². The molecule has 1 N–H and O–H groups in total. The molecule has 2 amide bonds. The van der Waals surface area contributed by atoms with Crippen LogP contribution < -0.4 is 4.74 Å². The Bertz CT molecular complexity index is 614. The highest BCUT2D eigenvalue weighted by Crippen LogP contribution is 2.22. The van der Waals surface area contributed by atoms with Crippen LogP contribution >= 0.6 is 0 Å². The molecule has 1 atom stereocenters. The Morgan fingerprint density at radius 2 is 2.00 bits per heavy atom. The molecule has 0 aromatic heterocycles. The number of nitrogens with zero attached hydrogens (tertiary/aromatic N) is 2. The molecule has 0 aliphatic carbocycles. The number of ether oxygens (including phenoxy) is 1. The molecule has 7 heteroatoms. The third kappa shape index (κ3) is 4.47. The summed E-state index contributed by atoms with van der Waals surface area (Å²) in [6, 6.07) is 7.44. The van der Waals surface area contributed by atoms with E-state index >= 15 is 0 Å². The van der Waals surface area contributed by atoms with Crippen molar-refractivity contribution in [3.05, 3.63) is 29.8 Å². The zero-order chi connectivity index (χ0) is 17.7. The van der Waals surface area contributed by atoms with Crippen LogP contribution in [-0.4, -0.2) is 59.9 Å². The molecular formula is C17H22N2O5. The highest BCUT2D eigenvalue weighted by Gasteiger charge is 2.35. The molecule has 7 nitrogen and oxygen atoms in total. The van der Waals surface area contributed by atoms with Gasteiger partial charge in [-0.25, -0.2) is 0 Å². The second-order valence-corrected chi connectivity index (χ2v) is 5.93. The fourth-order valence-corrected chi connectivity index (χ4v) is 2.73. The van der Waals surface area contributed by atoms with Gasteiger partial charge in [0, 0.05) is 33.1 Å². The number of rotatable bonds is 7. The first-order valence-electron chi connectivity index (χ1n) is 7.78. The lowest BCUT2D eigenvalue weighted by Crippen LogP contribution is -2.35. The number of amides is 2. The maximum atomic E-state index is 12.3. The van der Waals surface area contributed by atoms with Gasteiger partial charge in [-0.1, -0.05) is 12.1 Å². The minimum atomic E-state index is -0.946. The second kappa shape index (κ2) is 7.81. The van der Waals surface area contributed by atoms with Gasteiger partial charge in [0.2, 0.25) is 11.8 Å². The molecule has 2 rings (SSSR count). The van der Waals surface area contributed by atoms with Crippen LogP contribution in [0.3, 0.4) is 0 Å². The van der Waals surface area contributed by atoms with Gasteiger partial charge >= 0.3 is 5.97 Å². The quantitative estimate of drug-likeness (QED) is 0.803. The van der Waals surface area contributed by atoms with Gasteiger partial charge in [-0.05, 0) is 17.7 Å². The van der Waals surface area contributed by atoms with Crippen LogP contribution in [0.15, 0.2) is 24.3 Å². The second-order valence-electron chi connectivity index (χ2n) is 5.93. The Labute approximate surface area is 140 Å². The maximum Gasteiger partial charge on any atom is 0.305 e. The van der Waals surface area contributed by atoms with Crippen molar-refractivity contribution >= 4 is 17.8 Å². The van der Waals surface area contributed by atoms with Gasteiger partial charge in [0.15, 0.2) is 0 Å². The van der Waals surface area contributed by atoms with Crippen molar-refractivity contribution in [2.45, 2.75) is 19.4 Å². The van der Waals surface area contributed by atoms with Gasteiger partial charge in [0.05, 0.1) is 19.4 Å². The third-order valence-corrected chi connectivity index (χ3v) is 4.13. The predicted molar refractivity (Wildman–Crippen MR) is 86.4 cm³/mol. The number of carbonyl (C=O) groups is 3. The minimum Gasteiger partial charge on any atom is -0.497 e. The Balaban J connectivity index is 1.92. The van der Waals surface area contributed by atoms with E-state index in [-0.39, 0.29) is 31.2 Å². The van der Waals surface area contributed by atoms with E-state index in [1.807, 2.05) is 24.3 Å². The molecule has 1 aliphatic heterocycles. The van der Waals surface area contributed by atoms with Crippen molar-refractivity contribution in [1.29, 1.82) is 0 Å². The third-order valence-electron chi connectivity index (χ3n) is 4.13. The van der Waals surface area contributed by atoms with Crippen LogP contribution in [0.5, 0.6) is 5.75 Å². The summed E-state index contributed by atoms with van der Waals surface area (Å²) in [6.45, 7) is 0.962. The molecule has 1 aromatic carbocycles. The van der Waals surface area contributed by atoms with E-state index in [2.05, 4.69) is 0 Å². The first-order valence-corrected chi connectivity index (χ1v) is 7.78. The Morgan fingerprint density at radius 3 is 2.58 bits per heavy atom. The molecule has 1 fully saturated rings. The van der Waals surface area contributed by atoms with Gasteiger partial charge in [0.1, 0.15) is 5.75 Å². The standard InChI is InChI=1S/C17H22N2O5/c1-18(8-7-16(21)22)17(23)13-9-15(20)19(11-13)10-12-3-5-14(24-2)6-4-12/h3-6,13H,7-11H2,1-2H3,(H,21,22). The number of hydrogen-bond acceptors (Lipinski definition) is 4. The summed E-state index contributed by atoms with van der Waals surface area (Å²) in [5.41, 5.74) is 0.969. The van der Waals surface area contributed by atoms with Gasteiger partial charge < -0.3 is 19.6 Å². The number of methoxy groups -OCH3 is 1. The fourth-order valence-electron chi connectivity index (χ4n) is 2.73. The number of carbonyl (C=O) groups excluding carboxylic acids is 2. The monoisotopic (exact) mass is 334 g/mol. The molecule has 1 aromatic rings. The SMILES string of the molecule is COc1ccc(CN2CC(C(=O)N(C)CCC(=O)O)CC2=O)cc1. The predicted octanol–water partition coefficient (Wildman–Crippen LogP) is 0.977. The van der Waals surface area contributed by atoms with Crippen LogP contribution in [0.2, 0.25) is 0 Å². The summed E-state index contributed by atoms with van der Waals surface area (Å²) >= 11 is 0. The van der Waals surface area contributed by atoms with E-state index in [0.29, 0.717) is 13.1 Å². The van der Waals surface area contributed by atoms with Crippen LogP contribution in [0.1, 0.15) is 18.4 Å². The maximum absolute atomic E-state index is 12.3. The Morgan fingerprint density at radius 1 is 1.33 bits per heavy atom. The Hall–Kier alpha value is -2.57. The van der Waals surface area contributed by atoms with E-state index in [1.165, 1.54) is 4.90 Å². The highest BCUT2D eigenvalue weighted by atomic mass is 16.5. The normalized spacial score (nSPS) is 17.0. The largest absolute Gasteiger partial charge is 0.497 e. The molecular weight excluding hydrogens is 312 g/mol. The van der Waals surface area contributed by atoms with Crippen LogP contribution in [0, 0.1) is 5.92 Å². The van der Waals surface area contributed by atoms with Gasteiger partial charge in [0.25, 0.3) is 0 Å². The number of carboxylic acids is 1. The van der Waals surface area contributed by atoms with E-state index in [4.69, 9.17) is 9.84 Å². The molecule has 24 heavy (non-hydrogen) atoms. The van der Waals surface area contributed by atoms with Crippen molar-refractivity contribution in [3.63, 3.8) is 0 Å². The number of likely N-dealkylation sites (tertiary alicyclic amines) is 1. The lowest BCUT2D eigenvalue weighted by atomic mass is 10.1. The zero-order valence-electron chi connectivity index (χ0n) is 13.9. The average molecular weight is 334 g/mol. The number of benzene rings is 1. The highest BCUT2D eigenvalue weighted by molar-refractivity contribution is 5.89. The first-order chi connectivity index (χ1) is 11.4. The molecule has 0 saturated carbocycles. The summed E-state index contributed by atoms with van der Waals surface area (Å²) in [6.07, 6.45) is 0.0743. The van der Waals surface area contributed by atoms with Crippen molar-refractivity contribution in [1.82, 2.24) is 9.80 Å². The smallest absolute Gasteiger partial charge is 0.305 e. The van der Waals surface area contributed by atoms with Gasteiger partial charge in [-0.15, -0.1) is 0 Å². The van der Waals surface area contributed by atoms with Crippen molar-refractivity contribution in [3.8, 4) is 5.75 Å². The van der Waals surface area contributed by atoms with Crippen molar-refractivity contribution in [2.24, 2.45) is 5.92 Å². The molecule has 130 valence electrons. The number of carboxylic acid groups (broad SMARTS) is 1. The minimum absolute atomic E-state index is 0.0594. The van der Waals surface area contributed by atoms with E-state index in [0.717, 1.165) is 11.3 Å². The molecule has 1 aliphatic rings. The fraction of sp³-hybridized carbons (Fsp3) is 0.471. The number of aliphatic carboxylic acids is 1. The lowest BCUT2D eigenvalue weighted by Gasteiger charge is -2.21. The zero-order valence-corrected chi connectivity index (χ0v) is 13.9. The summed E-state index contributed by atoms with van der Waals surface area (Å²) in [5, 5.41) is 8.69. The molecule has 0 radical (unpaired) electrons. The summed E-state index contributed by atoms with van der Waals surface area (Å²) in [5.74, 6) is -0.843. The van der Waals surface area contributed by atoms with Crippen LogP contribution in [0.25, 0.3) is 0 Å². The topological polar surface area (TPSA) is 87.2 Å². The van der Waals surface area contributed by atoms with Gasteiger partial charge in [-0.2, -0.15) is 0 Å². The van der Waals surface area contributed by atoms with E-state index in [1.54, 1.807) is 19.1 Å². The van der Waals surface area contributed by atoms with Gasteiger partial charge in [-0.3, -0.25) is 14.4 Å². The Kier molecular flexibility index (Phi) is 5.78. The number of hydrogen-bond donors (Lipinski definition) is 1. The molecule has 1 unspecified atom stereocenters. The van der Waals surface area contributed by atoms with Crippen molar-refractivity contribution in [2.75, 3.05) is 27.2 Å². The van der Waals surface area contributed by atoms with Crippen LogP contribution in [-0.2, 0) is 20.9 Å². The molecule has 0 spiro atoms.